The second kappa shape index (κ2) is 17.0. The molecule has 0 aromatic heterocycles. The van der Waals surface area contributed by atoms with Gasteiger partial charge in [0.2, 0.25) is 0 Å². The summed E-state index contributed by atoms with van der Waals surface area (Å²) in [6.45, 7) is 14.5. The van der Waals surface area contributed by atoms with Crippen molar-refractivity contribution in [3.63, 3.8) is 0 Å². The van der Waals surface area contributed by atoms with Gasteiger partial charge in [0.1, 0.15) is 5.78 Å². The van der Waals surface area contributed by atoms with Crippen LogP contribution in [0.1, 0.15) is 170 Å². The lowest BCUT2D eigenvalue weighted by atomic mass is 9.43. The van der Waals surface area contributed by atoms with Crippen LogP contribution in [-0.4, -0.2) is 65.6 Å². The highest BCUT2D eigenvalue weighted by Crippen LogP contribution is 2.70. The number of Topliss-reactive ketones (excluding diaryl/α,β-unsaturated/α-hetero) is 1. The van der Waals surface area contributed by atoms with E-state index in [9.17, 15) is 29.7 Å². The van der Waals surface area contributed by atoms with Gasteiger partial charge < -0.3 is 24.8 Å². The molecule has 0 unspecified atom stereocenters. The summed E-state index contributed by atoms with van der Waals surface area (Å²) in [5.74, 6) is 6.52. The summed E-state index contributed by atoms with van der Waals surface area (Å²) in [6, 6.07) is 0. The highest BCUT2D eigenvalue weighted by molar-refractivity contribution is 5.79. The molecule has 0 radical (unpaired) electrons. The Hall–Kier alpha value is -1.51. The molecular formula is C50H82O8. The fourth-order valence-corrected chi connectivity index (χ4v) is 17.5. The number of carbonyl (C=O) groups is 3. The van der Waals surface area contributed by atoms with E-state index in [1.165, 1.54) is 65.6 Å². The summed E-state index contributed by atoms with van der Waals surface area (Å²) in [6.07, 6.45) is 19.1. The second-order valence-electron chi connectivity index (χ2n) is 22.9. The summed E-state index contributed by atoms with van der Waals surface area (Å²) in [5.41, 5.74) is 1.08. The quantitative estimate of drug-likeness (QED) is 0.207. The topological polar surface area (TPSA) is 130 Å². The van der Waals surface area contributed by atoms with Crippen molar-refractivity contribution in [1.82, 2.24) is 0 Å². The average molecular weight is 811 g/mol. The van der Waals surface area contributed by atoms with Crippen LogP contribution in [0.15, 0.2) is 0 Å². The molecule has 8 heteroatoms. The third-order valence-corrected chi connectivity index (χ3v) is 20.7. The predicted octanol–water partition coefficient (Wildman–Crippen LogP) is 9.34. The maximum atomic E-state index is 12.1. The van der Waals surface area contributed by atoms with Crippen LogP contribution in [0.2, 0.25) is 0 Å². The number of aliphatic hydroxyl groups excluding tert-OH is 3. The highest BCUT2D eigenvalue weighted by atomic mass is 16.5. The van der Waals surface area contributed by atoms with Gasteiger partial charge in [-0.1, -0.05) is 41.5 Å². The molecule has 3 N–H and O–H groups in total. The Morgan fingerprint density at radius 3 is 1.52 bits per heavy atom. The first-order valence-electron chi connectivity index (χ1n) is 24.1. The van der Waals surface area contributed by atoms with Crippen LogP contribution in [0.25, 0.3) is 0 Å². The molecule has 0 spiro atoms. The number of rotatable bonds is 8. The molecule has 330 valence electrons. The lowest BCUT2D eigenvalue weighted by molar-refractivity contribution is -0.174. The van der Waals surface area contributed by atoms with Gasteiger partial charge in [-0.2, -0.15) is 0 Å². The number of aliphatic hydroxyl groups is 3. The molecule has 8 saturated carbocycles. The van der Waals surface area contributed by atoms with Crippen molar-refractivity contribution in [3.8, 4) is 0 Å². The molecule has 8 aliphatic rings. The number of carbonyl (C=O) groups excluding carboxylic acids is 3. The van der Waals surface area contributed by atoms with Gasteiger partial charge in [0, 0.05) is 25.7 Å². The fraction of sp³-hybridized carbons (Fsp3) is 0.940. The van der Waals surface area contributed by atoms with Crippen molar-refractivity contribution in [2.24, 2.45) is 92.7 Å². The molecule has 0 amide bonds. The molecule has 8 nitrogen and oxygen atoms in total. The van der Waals surface area contributed by atoms with E-state index in [4.69, 9.17) is 9.47 Å². The lowest BCUT2D eigenvalue weighted by Crippen LogP contribution is -2.58. The summed E-state index contributed by atoms with van der Waals surface area (Å²) >= 11 is 0. The molecule has 0 saturated heterocycles. The molecule has 8 rings (SSSR count). The Kier molecular flexibility index (Phi) is 13.0. The molecule has 0 aliphatic heterocycles. The van der Waals surface area contributed by atoms with Crippen molar-refractivity contribution >= 4 is 17.7 Å². The standard InChI is InChI=1S/C25H42O4.C25H40O4/c2*1-15(5-8-22(28)29-4)18-6-7-19-23-20(10-12-25(18,19)3)24(2)11-9-17(26)13-16(24)14-21(23)27/h15-21,23,26-27H,5-14H2,1-4H3;15-16,18-21,23,27H,5-14H2,1-4H3/t15-,16+,17-,18-,19+,20+,21-,23+,24+,25-;15-,16+,18-,19+,20+,21-,23+,24+,25-/m11/s1. The van der Waals surface area contributed by atoms with E-state index in [0.717, 1.165) is 57.8 Å². The van der Waals surface area contributed by atoms with Gasteiger partial charge in [-0.15, -0.1) is 0 Å². The third-order valence-electron chi connectivity index (χ3n) is 20.7. The highest BCUT2D eigenvalue weighted by Gasteiger charge is 2.64. The van der Waals surface area contributed by atoms with Crippen LogP contribution in [0.3, 0.4) is 0 Å². The maximum Gasteiger partial charge on any atom is 0.305 e. The number of hydrogen-bond acceptors (Lipinski definition) is 8. The Morgan fingerprint density at radius 2 is 1.03 bits per heavy atom. The van der Waals surface area contributed by atoms with Crippen LogP contribution < -0.4 is 0 Å². The molecule has 19 atom stereocenters. The van der Waals surface area contributed by atoms with E-state index in [0.29, 0.717) is 101 Å². The second-order valence-corrected chi connectivity index (χ2v) is 22.9. The molecule has 58 heavy (non-hydrogen) atoms. The molecular weight excluding hydrogens is 729 g/mol. The number of ether oxygens (including phenoxy) is 2. The number of fused-ring (bicyclic) bond motifs is 10. The number of esters is 2. The Balaban J connectivity index is 0.000000177. The zero-order valence-electron chi connectivity index (χ0n) is 37.7. The Morgan fingerprint density at radius 1 is 0.603 bits per heavy atom. The number of hydrogen-bond donors (Lipinski definition) is 3. The minimum atomic E-state index is -0.252. The predicted molar refractivity (Wildman–Crippen MR) is 225 cm³/mol. The van der Waals surface area contributed by atoms with E-state index in [2.05, 4.69) is 41.5 Å². The van der Waals surface area contributed by atoms with Crippen molar-refractivity contribution < 1.29 is 39.2 Å². The molecule has 0 bridgehead atoms. The molecule has 8 fully saturated rings. The first-order chi connectivity index (χ1) is 27.4. The smallest absolute Gasteiger partial charge is 0.305 e. The Bertz CT molecular complexity index is 1500. The van der Waals surface area contributed by atoms with Crippen molar-refractivity contribution in [2.45, 2.75) is 188 Å². The van der Waals surface area contributed by atoms with Crippen molar-refractivity contribution in [3.05, 3.63) is 0 Å². The van der Waals surface area contributed by atoms with Gasteiger partial charge >= 0.3 is 11.9 Å². The minimum Gasteiger partial charge on any atom is -0.469 e. The van der Waals surface area contributed by atoms with Crippen LogP contribution in [0, 0.1) is 92.7 Å². The fourth-order valence-electron chi connectivity index (χ4n) is 17.5. The first kappa shape index (κ1) is 44.5. The van der Waals surface area contributed by atoms with Crippen LogP contribution >= 0.6 is 0 Å². The van der Waals surface area contributed by atoms with Crippen molar-refractivity contribution in [2.75, 3.05) is 14.2 Å². The van der Waals surface area contributed by atoms with Crippen LogP contribution in [0.4, 0.5) is 0 Å². The number of methoxy groups -OCH3 is 2. The summed E-state index contributed by atoms with van der Waals surface area (Å²) < 4.78 is 9.71. The maximum absolute atomic E-state index is 12.1. The largest absolute Gasteiger partial charge is 0.469 e. The van der Waals surface area contributed by atoms with Gasteiger partial charge in [-0.25, -0.2) is 0 Å². The lowest BCUT2D eigenvalue weighted by Gasteiger charge is -2.62. The summed E-state index contributed by atoms with van der Waals surface area (Å²) in [4.78, 5) is 35.4. The third kappa shape index (κ3) is 7.68. The molecule has 0 aromatic rings. The first-order valence-corrected chi connectivity index (χ1v) is 24.1. The van der Waals surface area contributed by atoms with Crippen LogP contribution in [0.5, 0.6) is 0 Å². The zero-order valence-corrected chi connectivity index (χ0v) is 37.7. The Labute approximate surface area is 351 Å². The normalized spacial score (nSPS) is 48.9. The van der Waals surface area contributed by atoms with Gasteiger partial charge in [0.05, 0.1) is 32.5 Å². The molecule has 8 aliphatic carbocycles. The zero-order chi connectivity index (χ0) is 41.9. The minimum absolute atomic E-state index is 0.0959. The summed E-state index contributed by atoms with van der Waals surface area (Å²) in [5, 5.41) is 32.8. The van der Waals surface area contributed by atoms with Gasteiger partial charge in [0.15, 0.2) is 0 Å². The van der Waals surface area contributed by atoms with Gasteiger partial charge in [-0.3, -0.25) is 14.4 Å². The van der Waals surface area contributed by atoms with E-state index >= 15 is 0 Å². The average Bonchev–Trinajstić information content (AvgIpc) is 3.74. The van der Waals surface area contributed by atoms with E-state index in [1.807, 2.05) is 0 Å². The van der Waals surface area contributed by atoms with Gasteiger partial charge in [-0.05, 0) is 195 Å². The summed E-state index contributed by atoms with van der Waals surface area (Å²) in [7, 11) is 2.95. The molecule has 0 heterocycles. The van der Waals surface area contributed by atoms with Crippen LogP contribution in [-0.2, 0) is 23.9 Å². The van der Waals surface area contributed by atoms with E-state index < -0.39 is 0 Å². The van der Waals surface area contributed by atoms with E-state index in [-0.39, 0.29) is 46.5 Å². The monoisotopic (exact) mass is 811 g/mol. The van der Waals surface area contributed by atoms with Gasteiger partial charge in [0.25, 0.3) is 0 Å². The SMILES string of the molecule is COC(=O)CC[C@@H](C)[C@H]1CC[C@H]2[C@@H]3[C@H](O)C[C@@H]4CC(=O)CC[C@]4(C)[C@H]3CC[C@]12C.COC(=O)CC[C@@H](C)[C@H]1CC[C@H]2[C@@H]3[C@H](O)C[C@@H]4C[C@H](O)CC[C@]4(C)[C@H]3CC[C@]12C. The number of ketones is 1. The molecule has 0 aromatic carbocycles. The van der Waals surface area contributed by atoms with Crippen molar-refractivity contribution in [1.29, 1.82) is 0 Å². The van der Waals surface area contributed by atoms with E-state index in [1.54, 1.807) is 0 Å².